The third kappa shape index (κ3) is 7.50. The van der Waals surface area contributed by atoms with Gasteiger partial charge in [-0.05, 0) is 0 Å². The molecule has 0 saturated carbocycles. The van der Waals surface area contributed by atoms with Crippen LogP contribution in [0.4, 0.5) is 0 Å². The van der Waals surface area contributed by atoms with Crippen LogP contribution in [0.5, 0.6) is 0 Å². The molecule has 20 heteroatoms. The van der Waals surface area contributed by atoms with Crippen molar-refractivity contribution < 1.29 is 99.5 Å². The Bertz CT molecular complexity index is 887. The van der Waals surface area contributed by atoms with Crippen molar-refractivity contribution in [1.82, 2.24) is 0 Å². The van der Waals surface area contributed by atoms with Crippen molar-refractivity contribution in [3.8, 4) is 0 Å². The average molecular weight is 651 g/mol. The molecule has 0 aliphatic carbocycles. The SMILES string of the molecule is OCC1OC2OCC3OC(OC4C(O)C(CO)OC(OCC(O)C(O)C(O)C(O)COC(C1O)C2O)C4O)C(O)C(O)C3O. The molecule has 19 unspecified atom stereocenters. The number of aliphatic hydroxyl groups is 13. The van der Waals surface area contributed by atoms with Gasteiger partial charge in [0, 0.05) is 0 Å². The van der Waals surface area contributed by atoms with Gasteiger partial charge in [0.25, 0.3) is 0 Å². The van der Waals surface area contributed by atoms with Crippen LogP contribution in [0.25, 0.3) is 0 Å². The number of fused-ring (bicyclic) bond motifs is 6. The standard InChI is InChI=1S/C24H42O20/c25-1-8-14(32)20-18(36)22(41-8)40-5-10-13(31)16(34)17(35)24(43-10)44-21-15(33)9(2-26)42-23(19(21)37)39-4-7(28)12(30)11(29)6(27)3-38-20/h6-37H,1-5H2. The molecule has 44 heavy (non-hydrogen) atoms. The number of hydrogen-bond donors (Lipinski definition) is 13. The van der Waals surface area contributed by atoms with Crippen molar-refractivity contribution in [2.45, 2.75) is 117 Å². The van der Waals surface area contributed by atoms with E-state index in [0.717, 1.165) is 0 Å². The molecule has 4 fully saturated rings. The van der Waals surface area contributed by atoms with E-state index in [2.05, 4.69) is 0 Å². The molecule has 4 rings (SSSR count). The predicted octanol–water partition coefficient (Wildman–Crippen LogP) is -9.07. The molecule has 4 aliphatic rings. The van der Waals surface area contributed by atoms with Crippen molar-refractivity contribution in [2.75, 3.05) is 33.0 Å². The lowest BCUT2D eigenvalue weighted by atomic mass is 9.96. The minimum absolute atomic E-state index is 0.678. The molecule has 4 heterocycles. The Labute approximate surface area is 249 Å². The van der Waals surface area contributed by atoms with Gasteiger partial charge in [0.1, 0.15) is 97.7 Å². The minimum Gasteiger partial charge on any atom is -0.394 e. The summed E-state index contributed by atoms with van der Waals surface area (Å²) in [7, 11) is 0. The fraction of sp³-hybridized carbons (Fsp3) is 1.00. The molecular formula is C24H42O20. The molecule has 0 aromatic rings. The topological polar surface area (TPSA) is 328 Å². The molecule has 0 amide bonds. The Balaban J connectivity index is 1.62. The number of ether oxygens (including phenoxy) is 7. The van der Waals surface area contributed by atoms with Crippen molar-refractivity contribution in [1.29, 1.82) is 0 Å². The van der Waals surface area contributed by atoms with E-state index in [-0.39, 0.29) is 0 Å². The highest BCUT2D eigenvalue weighted by Gasteiger charge is 2.52. The van der Waals surface area contributed by atoms with Gasteiger partial charge in [-0.3, -0.25) is 0 Å². The Morgan fingerprint density at radius 3 is 1.41 bits per heavy atom. The molecule has 0 aromatic heterocycles. The zero-order valence-corrected chi connectivity index (χ0v) is 23.2. The molecule has 0 radical (unpaired) electrons. The van der Waals surface area contributed by atoms with Crippen molar-refractivity contribution in [3.63, 3.8) is 0 Å². The summed E-state index contributed by atoms with van der Waals surface area (Å²) in [6.07, 6.45) is -33.9. The van der Waals surface area contributed by atoms with Gasteiger partial charge in [0.2, 0.25) is 0 Å². The lowest BCUT2D eigenvalue weighted by Gasteiger charge is -2.46. The smallest absolute Gasteiger partial charge is 0.187 e. The van der Waals surface area contributed by atoms with Crippen molar-refractivity contribution >= 4 is 0 Å². The maximum Gasteiger partial charge on any atom is 0.187 e. The van der Waals surface area contributed by atoms with Gasteiger partial charge in [-0.15, -0.1) is 0 Å². The maximum atomic E-state index is 10.9. The number of aliphatic hydroxyl groups excluding tert-OH is 13. The monoisotopic (exact) mass is 650 g/mol. The fourth-order valence-corrected chi connectivity index (χ4v) is 5.31. The van der Waals surface area contributed by atoms with Gasteiger partial charge < -0.3 is 99.5 Å². The van der Waals surface area contributed by atoms with E-state index in [1.807, 2.05) is 0 Å². The van der Waals surface area contributed by atoms with E-state index >= 15 is 0 Å². The van der Waals surface area contributed by atoms with Crippen LogP contribution < -0.4 is 0 Å². The van der Waals surface area contributed by atoms with Gasteiger partial charge >= 0.3 is 0 Å². The summed E-state index contributed by atoms with van der Waals surface area (Å²) >= 11 is 0. The van der Waals surface area contributed by atoms with E-state index in [0.29, 0.717) is 0 Å². The minimum atomic E-state index is -2.09. The van der Waals surface area contributed by atoms with Gasteiger partial charge in [-0.25, -0.2) is 0 Å². The molecule has 258 valence electrons. The van der Waals surface area contributed by atoms with Gasteiger partial charge in [-0.2, -0.15) is 0 Å². The normalized spacial score (nSPS) is 53.5. The molecule has 4 aliphatic heterocycles. The van der Waals surface area contributed by atoms with Crippen LogP contribution in [-0.2, 0) is 33.2 Å². The predicted molar refractivity (Wildman–Crippen MR) is 133 cm³/mol. The van der Waals surface area contributed by atoms with Crippen molar-refractivity contribution in [3.05, 3.63) is 0 Å². The van der Waals surface area contributed by atoms with E-state index in [4.69, 9.17) is 33.2 Å². The molecule has 13 N–H and O–H groups in total. The van der Waals surface area contributed by atoms with E-state index in [1.165, 1.54) is 0 Å². The van der Waals surface area contributed by atoms with Gasteiger partial charge in [0.15, 0.2) is 18.9 Å². The summed E-state index contributed by atoms with van der Waals surface area (Å²) in [6.45, 7) is -3.98. The molecule has 4 saturated heterocycles. The van der Waals surface area contributed by atoms with Gasteiger partial charge in [-0.1, -0.05) is 0 Å². The van der Waals surface area contributed by atoms with E-state index in [9.17, 15) is 66.4 Å². The molecule has 0 spiro atoms. The molecule has 19 atom stereocenters. The second-order valence-electron chi connectivity index (χ2n) is 11.1. The van der Waals surface area contributed by atoms with Crippen LogP contribution in [-0.4, -0.2) is 216 Å². The summed E-state index contributed by atoms with van der Waals surface area (Å²) in [5, 5.41) is 135. The zero-order valence-electron chi connectivity index (χ0n) is 23.2. The van der Waals surface area contributed by atoms with Crippen molar-refractivity contribution in [2.24, 2.45) is 0 Å². The summed E-state index contributed by atoms with van der Waals surface area (Å²) in [5.74, 6) is 0. The molecule has 6 bridgehead atoms. The number of hydrogen-bond acceptors (Lipinski definition) is 20. The summed E-state index contributed by atoms with van der Waals surface area (Å²) in [4.78, 5) is 0. The van der Waals surface area contributed by atoms with E-state index < -0.39 is 150 Å². The quantitative estimate of drug-likeness (QED) is 0.132. The molecule has 20 nitrogen and oxygen atoms in total. The largest absolute Gasteiger partial charge is 0.394 e. The third-order valence-electron chi connectivity index (χ3n) is 8.06. The van der Waals surface area contributed by atoms with Crippen LogP contribution >= 0.6 is 0 Å². The highest BCUT2D eigenvalue weighted by Crippen LogP contribution is 2.31. The highest BCUT2D eigenvalue weighted by atomic mass is 16.8. The van der Waals surface area contributed by atoms with Crippen LogP contribution in [0.1, 0.15) is 0 Å². The Morgan fingerprint density at radius 1 is 0.386 bits per heavy atom. The van der Waals surface area contributed by atoms with Crippen LogP contribution in [0.2, 0.25) is 0 Å². The maximum absolute atomic E-state index is 10.9. The average Bonchev–Trinajstić information content (AvgIpc) is 3.01. The lowest BCUT2D eigenvalue weighted by molar-refractivity contribution is -0.368. The number of rotatable bonds is 2. The first kappa shape index (κ1) is 36.0. The lowest BCUT2D eigenvalue weighted by Crippen LogP contribution is -2.65. The van der Waals surface area contributed by atoms with Crippen LogP contribution in [0, 0.1) is 0 Å². The summed E-state index contributed by atoms with van der Waals surface area (Å²) < 4.78 is 38.0. The first-order chi connectivity index (χ1) is 20.8. The molecular weight excluding hydrogens is 608 g/mol. The Morgan fingerprint density at radius 2 is 0.864 bits per heavy atom. The van der Waals surface area contributed by atoms with Crippen LogP contribution in [0.3, 0.4) is 0 Å². The second kappa shape index (κ2) is 15.4. The summed E-state index contributed by atoms with van der Waals surface area (Å²) in [5.41, 5.74) is 0. The second-order valence-corrected chi connectivity index (χ2v) is 11.1. The van der Waals surface area contributed by atoms with Crippen LogP contribution in [0.15, 0.2) is 0 Å². The highest BCUT2D eigenvalue weighted by molar-refractivity contribution is 4.96. The first-order valence-corrected chi connectivity index (χ1v) is 14.0. The zero-order chi connectivity index (χ0) is 32.5. The first-order valence-electron chi connectivity index (χ1n) is 14.0. The Hall–Kier alpha value is -0.800. The van der Waals surface area contributed by atoms with Gasteiger partial charge in [0.05, 0.1) is 33.0 Å². The van der Waals surface area contributed by atoms with E-state index in [1.54, 1.807) is 0 Å². The fourth-order valence-electron chi connectivity index (χ4n) is 5.31. The third-order valence-corrected chi connectivity index (χ3v) is 8.06. The summed E-state index contributed by atoms with van der Waals surface area (Å²) in [6, 6.07) is 0. The molecule has 0 aromatic carbocycles. The Kier molecular flexibility index (Phi) is 12.6.